The summed E-state index contributed by atoms with van der Waals surface area (Å²) in [5, 5.41) is 22.8. The smallest absolute Gasteiger partial charge is 0.305 e. The third kappa shape index (κ3) is 4.90. The predicted molar refractivity (Wildman–Crippen MR) is 154 cm³/mol. The summed E-state index contributed by atoms with van der Waals surface area (Å²) in [6.45, 7) is -0.370. The summed E-state index contributed by atoms with van der Waals surface area (Å²) in [5.41, 5.74) is 1.01. The first kappa shape index (κ1) is 27.2. The number of H-pyrrole nitrogens is 1. The molecule has 6 rings (SSSR count). The maximum absolute atomic E-state index is 13.9. The highest BCUT2D eigenvalue weighted by Gasteiger charge is 2.56. The molecule has 1 fully saturated rings. The third-order valence-corrected chi connectivity index (χ3v) is 9.31. The number of aromatic amines is 1. The molecule has 2 unspecified atom stereocenters. The van der Waals surface area contributed by atoms with Crippen molar-refractivity contribution in [2.75, 3.05) is 16.8 Å². The molecule has 0 saturated carbocycles. The van der Waals surface area contributed by atoms with Crippen molar-refractivity contribution < 1.29 is 29.2 Å². The molecule has 212 valence electrons. The number of ether oxygens (including phenoxy) is 1. The average molecular weight is 605 g/mol. The van der Waals surface area contributed by atoms with E-state index in [4.69, 9.17) is 4.74 Å². The van der Waals surface area contributed by atoms with Gasteiger partial charge in [-0.05, 0) is 42.5 Å². The van der Waals surface area contributed by atoms with E-state index in [0.717, 1.165) is 28.0 Å². The van der Waals surface area contributed by atoms with Crippen molar-refractivity contribution in [3.05, 3.63) is 103 Å². The number of phenolic OH excluding ortho intramolecular Hbond substituents is 1. The number of aromatic nitrogens is 1. The van der Waals surface area contributed by atoms with Crippen LogP contribution in [-0.4, -0.2) is 44.6 Å². The van der Waals surface area contributed by atoms with Gasteiger partial charge in [0.05, 0.1) is 21.6 Å². The van der Waals surface area contributed by atoms with Crippen molar-refractivity contribution in [1.29, 1.82) is 0 Å². The van der Waals surface area contributed by atoms with Crippen LogP contribution in [0.3, 0.4) is 0 Å². The summed E-state index contributed by atoms with van der Waals surface area (Å²) in [4.78, 5) is 67.1. The van der Waals surface area contributed by atoms with Gasteiger partial charge >= 0.3 is 4.87 Å². The lowest BCUT2D eigenvalue weighted by Gasteiger charge is -2.30. The molecule has 12 nitrogen and oxygen atoms in total. The van der Waals surface area contributed by atoms with Gasteiger partial charge in [0, 0.05) is 34.2 Å². The van der Waals surface area contributed by atoms with Crippen LogP contribution >= 0.6 is 23.1 Å². The molecule has 0 bridgehead atoms. The number of non-ortho nitro benzene ring substituents is 1. The molecule has 0 spiro atoms. The van der Waals surface area contributed by atoms with Crippen molar-refractivity contribution in [3.63, 3.8) is 0 Å². The van der Waals surface area contributed by atoms with Gasteiger partial charge in [-0.25, -0.2) is 4.90 Å². The van der Waals surface area contributed by atoms with Gasteiger partial charge in [-0.15, -0.1) is 0 Å². The minimum Gasteiger partial charge on any atom is -0.508 e. The number of amides is 3. The lowest BCUT2D eigenvalue weighted by Crippen LogP contribution is -2.32. The predicted octanol–water partition coefficient (Wildman–Crippen LogP) is 3.86. The third-order valence-electron chi connectivity index (χ3n) is 6.91. The summed E-state index contributed by atoms with van der Waals surface area (Å²) in [6.07, 6.45) is 0. The summed E-state index contributed by atoms with van der Waals surface area (Å²) >= 11 is 2.04. The first-order valence-corrected chi connectivity index (χ1v) is 14.2. The lowest BCUT2D eigenvalue weighted by molar-refractivity contribution is -0.384. The van der Waals surface area contributed by atoms with Crippen molar-refractivity contribution >= 4 is 57.9 Å². The van der Waals surface area contributed by atoms with Gasteiger partial charge in [0.15, 0.2) is 6.61 Å². The highest BCUT2D eigenvalue weighted by atomic mass is 32.2. The van der Waals surface area contributed by atoms with Gasteiger partial charge in [-0.1, -0.05) is 41.3 Å². The Morgan fingerprint density at radius 3 is 2.45 bits per heavy atom. The number of phenols is 1. The first-order chi connectivity index (χ1) is 20.2. The van der Waals surface area contributed by atoms with Crippen LogP contribution in [0.25, 0.3) is 0 Å². The van der Waals surface area contributed by atoms with Gasteiger partial charge in [0.1, 0.15) is 16.7 Å². The molecule has 42 heavy (non-hydrogen) atoms. The monoisotopic (exact) mass is 604 g/mol. The molecule has 0 aliphatic carbocycles. The number of para-hydroxylation sites is 1. The molecule has 3 aromatic carbocycles. The number of hydrogen-bond acceptors (Lipinski definition) is 10. The number of hydrogen-bond donors (Lipinski definition) is 3. The largest absolute Gasteiger partial charge is 0.508 e. The lowest BCUT2D eigenvalue weighted by atomic mass is 9.82. The van der Waals surface area contributed by atoms with Crippen LogP contribution in [0.4, 0.5) is 17.1 Å². The van der Waals surface area contributed by atoms with Crippen LogP contribution in [0.15, 0.2) is 82.6 Å². The number of imide groups is 1. The number of nitro groups is 1. The van der Waals surface area contributed by atoms with Gasteiger partial charge in [0.25, 0.3) is 11.6 Å². The Kier molecular flexibility index (Phi) is 7.00. The Bertz CT molecular complexity index is 1780. The van der Waals surface area contributed by atoms with Crippen molar-refractivity contribution in [2.45, 2.75) is 16.2 Å². The van der Waals surface area contributed by atoms with Crippen LogP contribution < -0.4 is 19.8 Å². The van der Waals surface area contributed by atoms with Gasteiger partial charge in [-0.2, -0.15) is 0 Å². The molecule has 0 radical (unpaired) electrons. The Hall–Kier alpha value is -4.95. The van der Waals surface area contributed by atoms with E-state index in [1.165, 1.54) is 48.5 Å². The van der Waals surface area contributed by atoms with Crippen LogP contribution in [0, 0.1) is 16.0 Å². The molecule has 2 aliphatic rings. The second-order valence-electron chi connectivity index (χ2n) is 9.46. The molecule has 1 saturated heterocycles. The quantitative estimate of drug-likeness (QED) is 0.123. The molecule has 2 aliphatic heterocycles. The van der Waals surface area contributed by atoms with Gasteiger partial charge in [0.2, 0.25) is 11.8 Å². The molecule has 3 amide bonds. The number of aromatic hydroxyl groups is 1. The molecular formula is C28H20N4O8S2. The van der Waals surface area contributed by atoms with E-state index in [1.807, 2.05) is 0 Å². The SMILES string of the molecule is O=C(COc1ccccc1[C@H]1c2sc(=O)[nH]c2SC2C(=O)N(c3ccc([N+](=O)[O-])cc3)C(=O)C21)Nc1ccc(O)cc1. The molecule has 1 aromatic heterocycles. The summed E-state index contributed by atoms with van der Waals surface area (Å²) < 4.78 is 5.90. The Morgan fingerprint density at radius 2 is 1.74 bits per heavy atom. The first-order valence-electron chi connectivity index (χ1n) is 12.5. The number of nitrogens with one attached hydrogen (secondary N) is 2. The number of thiazole rings is 1. The van der Waals surface area contributed by atoms with Crippen molar-refractivity contribution in [2.24, 2.45) is 5.92 Å². The normalized spacial score (nSPS) is 19.2. The van der Waals surface area contributed by atoms with E-state index in [9.17, 15) is 34.4 Å². The molecule has 4 aromatic rings. The second kappa shape index (κ2) is 10.8. The van der Waals surface area contributed by atoms with Gasteiger partial charge in [-0.3, -0.25) is 29.3 Å². The van der Waals surface area contributed by atoms with Crippen LogP contribution in [0.2, 0.25) is 0 Å². The van der Waals surface area contributed by atoms with E-state index in [-0.39, 0.29) is 28.6 Å². The zero-order valence-electron chi connectivity index (χ0n) is 21.4. The molecular weight excluding hydrogens is 584 g/mol. The zero-order chi connectivity index (χ0) is 29.5. The Morgan fingerprint density at radius 1 is 1.02 bits per heavy atom. The summed E-state index contributed by atoms with van der Waals surface area (Å²) in [5.74, 6) is -2.77. The number of nitrogens with zero attached hydrogens (tertiary/aromatic N) is 2. The Labute approximate surface area is 245 Å². The molecule has 3 N–H and O–H groups in total. The van der Waals surface area contributed by atoms with E-state index < -0.39 is 39.7 Å². The fraction of sp³-hybridized carbons (Fsp3) is 0.143. The van der Waals surface area contributed by atoms with E-state index in [2.05, 4.69) is 10.3 Å². The fourth-order valence-electron chi connectivity index (χ4n) is 5.08. The van der Waals surface area contributed by atoms with Crippen LogP contribution in [0.5, 0.6) is 11.5 Å². The number of rotatable bonds is 7. The highest BCUT2D eigenvalue weighted by Crippen LogP contribution is 2.54. The maximum Gasteiger partial charge on any atom is 0.305 e. The minimum atomic E-state index is -0.910. The van der Waals surface area contributed by atoms with E-state index in [0.29, 0.717) is 26.9 Å². The van der Waals surface area contributed by atoms with Gasteiger partial charge < -0.3 is 20.1 Å². The van der Waals surface area contributed by atoms with Crippen LogP contribution in [-0.2, 0) is 14.4 Å². The number of benzene rings is 3. The average Bonchev–Trinajstić information content (AvgIpc) is 3.47. The second-order valence-corrected chi connectivity index (χ2v) is 11.6. The number of carbonyl (C=O) groups excluding carboxylic acids is 3. The maximum atomic E-state index is 13.9. The topological polar surface area (TPSA) is 172 Å². The Balaban J connectivity index is 1.33. The number of anilines is 2. The summed E-state index contributed by atoms with van der Waals surface area (Å²) in [7, 11) is 0. The standard InChI is InChI=1S/C28H20N4O8S2/c33-17-11-5-14(6-12-17)29-20(34)13-40-19-4-2-1-3-18(19)21-22-24(41-25-23(21)42-28(37)30-25)27(36)31(26(22)35)15-7-9-16(10-8-15)32(38)39/h1-12,21-22,24,33H,13H2,(H,29,34)(H,30,37)/t21-,22?,24?/m1/s1. The highest BCUT2D eigenvalue weighted by molar-refractivity contribution is 8.00. The fourth-order valence-corrected chi connectivity index (χ4v) is 7.59. The molecule has 3 heterocycles. The summed E-state index contributed by atoms with van der Waals surface area (Å²) in [6, 6.07) is 17.9. The zero-order valence-corrected chi connectivity index (χ0v) is 23.0. The number of thioether (sulfide) groups is 1. The molecule has 14 heteroatoms. The van der Waals surface area contributed by atoms with Crippen LogP contribution in [0.1, 0.15) is 16.4 Å². The van der Waals surface area contributed by atoms with Crippen molar-refractivity contribution in [3.8, 4) is 11.5 Å². The van der Waals surface area contributed by atoms with E-state index in [1.54, 1.807) is 24.3 Å². The van der Waals surface area contributed by atoms with Crippen molar-refractivity contribution in [1.82, 2.24) is 4.98 Å². The minimum absolute atomic E-state index is 0.0561. The number of carbonyl (C=O) groups is 3. The molecule has 3 atom stereocenters. The van der Waals surface area contributed by atoms with E-state index >= 15 is 0 Å². The number of nitro benzene ring substituents is 1. The number of fused-ring (bicyclic) bond motifs is 2.